The molecule has 5 rings (SSSR count). The number of likely N-dealkylation sites (tertiary alicyclic amines) is 1. The number of aromatic nitrogens is 2. The summed E-state index contributed by atoms with van der Waals surface area (Å²) < 4.78 is 1.76. The number of hydrogen-bond donors (Lipinski definition) is 2. The number of aliphatic hydroxyl groups excluding tert-OH is 1. The highest BCUT2D eigenvalue weighted by molar-refractivity contribution is 5.93. The number of amides is 2. The lowest BCUT2D eigenvalue weighted by Crippen LogP contribution is -2.53. The summed E-state index contributed by atoms with van der Waals surface area (Å²) in [4.78, 5) is 31.3. The molecule has 2 atom stereocenters. The molecule has 3 heterocycles. The number of β-amino-alcohol motifs (C(OH)–C–C–N with tert-alkyl or cyclic N) is 1. The molecule has 1 saturated heterocycles. The monoisotopic (exact) mass is 394 g/mol. The van der Waals surface area contributed by atoms with Gasteiger partial charge in [0.05, 0.1) is 18.2 Å². The molecule has 0 aromatic carbocycles. The highest BCUT2D eigenvalue weighted by Gasteiger charge is 2.39. The van der Waals surface area contributed by atoms with E-state index < -0.39 is 6.10 Å². The fourth-order valence-corrected chi connectivity index (χ4v) is 4.96. The third kappa shape index (κ3) is 3.44. The maximum Gasteiger partial charge on any atom is 0.268 e. The van der Waals surface area contributed by atoms with Crippen molar-refractivity contribution < 1.29 is 14.7 Å². The molecule has 1 aliphatic heterocycles. The van der Waals surface area contributed by atoms with E-state index in [-0.39, 0.29) is 23.7 Å². The molecule has 2 bridgehead atoms. The summed E-state index contributed by atoms with van der Waals surface area (Å²) in [7, 11) is 0. The van der Waals surface area contributed by atoms with Gasteiger partial charge >= 0.3 is 0 Å². The van der Waals surface area contributed by atoms with Gasteiger partial charge in [-0.15, -0.1) is 0 Å². The van der Waals surface area contributed by atoms with Crippen LogP contribution in [0.3, 0.4) is 0 Å². The van der Waals surface area contributed by atoms with Crippen molar-refractivity contribution in [2.45, 2.75) is 38.2 Å². The number of carbonyl (C=O) groups excluding carboxylic acids is 2. The van der Waals surface area contributed by atoms with Crippen LogP contribution in [0.15, 0.2) is 36.5 Å². The molecule has 2 aliphatic carbocycles. The predicted molar refractivity (Wildman–Crippen MR) is 107 cm³/mol. The molecule has 2 amide bonds. The Labute approximate surface area is 169 Å². The van der Waals surface area contributed by atoms with Crippen molar-refractivity contribution in [3.8, 4) is 0 Å². The number of fused-ring (bicyclic) bond motifs is 3. The van der Waals surface area contributed by atoms with E-state index in [1.165, 1.54) is 6.42 Å². The summed E-state index contributed by atoms with van der Waals surface area (Å²) in [6.07, 6.45) is 10.7. The first-order valence-electron chi connectivity index (χ1n) is 10.4. The lowest BCUT2D eigenvalue weighted by molar-refractivity contribution is -0.140. The average Bonchev–Trinajstić information content (AvgIpc) is 3.23. The van der Waals surface area contributed by atoms with E-state index in [9.17, 15) is 14.7 Å². The van der Waals surface area contributed by atoms with E-state index in [0.29, 0.717) is 42.6 Å². The topological polar surface area (TPSA) is 86.9 Å². The van der Waals surface area contributed by atoms with Crippen molar-refractivity contribution in [3.63, 3.8) is 0 Å². The van der Waals surface area contributed by atoms with E-state index in [4.69, 9.17) is 0 Å². The summed E-state index contributed by atoms with van der Waals surface area (Å²) in [5.41, 5.74) is 2.03. The lowest BCUT2D eigenvalue weighted by atomic mass is 9.79. The van der Waals surface area contributed by atoms with Gasteiger partial charge in [-0.1, -0.05) is 18.2 Å². The molecule has 2 N–H and O–H groups in total. The van der Waals surface area contributed by atoms with Crippen LogP contribution in [-0.4, -0.2) is 56.9 Å². The number of carbonyl (C=O) groups is 2. The molecule has 2 aromatic rings. The third-order valence-corrected chi connectivity index (χ3v) is 6.65. The molecule has 3 aliphatic rings. The van der Waals surface area contributed by atoms with Gasteiger partial charge in [-0.25, -0.2) is 4.98 Å². The zero-order valence-electron chi connectivity index (χ0n) is 16.4. The predicted octanol–water partition coefficient (Wildman–Crippen LogP) is 1.56. The largest absolute Gasteiger partial charge is 0.389 e. The van der Waals surface area contributed by atoms with Crippen LogP contribution in [0.2, 0.25) is 0 Å². The number of rotatable bonds is 5. The highest BCUT2D eigenvalue weighted by atomic mass is 16.3. The van der Waals surface area contributed by atoms with E-state index in [0.717, 1.165) is 19.3 Å². The number of hydrogen-bond acceptors (Lipinski definition) is 4. The third-order valence-electron chi connectivity index (χ3n) is 6.65. The van der Waals surface area contributed by atoms with Gasteiger partial charge in [0.2, 0.25) is 5.91 Å². The zero-order chi connectivity index (χ0) is 20.0. The second-order valence-corrected chi connectivity index (χ2v) is 8.82. The fraction of sp³-hybridized carbons (Fsp3) is 0.500. The number of nitrogens with one attached hydrogen (secondary N) is 1. The SMILES string of the molecule is O=C(NCC12CC=CC(CC1)C2)c1cccc2nc(CC(=O)N3CC(O)C3)cn12. The summed E-state index contributed by atoms with van der Waals surface area (Å²) >= 11 is 0. The smallest absolute Gasteiger partial charge is 0.268 e. The zero-order valence-corrected chi connectivity index (χ0v) is 16.4. The van der Waals surface area contributed by atoms with Crippen LogP contribution < -0.4 is 5.32 Å². The Morgan fingerprint density at radius 2 is 2.17 bits per heavy atom. The summed E-state index contributed by atoms with van der Waals surface area (Å²) in [6.45, 7) is 1.47. The Morgan fingerprint density at radius 1 is 1.31 bits per heavy atom. The van der Waals surface area contributed by atoms with Crippen LogP contribution in [0.1, 0.15) is 41.9 Å². The van der Waals surface area contributed by atoms with Gasteiger partial charge in [-0.3, -0.25) is 14.0 Å². The van der Waals surface area contributed by atoms with Gasteiger partial charge in [0.25, 0.3) is 5.91 Å². The van der Waals surface area contributed by atoms with Gasteiger partial charge in [-0.2, -0.15) is 0 Å². The van der Waals surface area contributed by atoms with E-state index in [1.807, 2.05) is 12.1 Å². The second kappa shape index (κ2) is 6.99. The summed E-state index contributed by atoms with van der Waals surface area (Å²) in [6, 6.07) is 5.45. The lowest BCUT2D eigenvalue weighted by Gasteiger charge is -2.35. The van der Waals surface area contributed by atoms with E-state index in [1.54, 1.807) is 21.6 Å². The van der Waals surface area contributed by atoms with Crippen molar-refractivity contribution in [2.24, 2.45) is 11.3 Å². The molecule has 7 heteroatoms. The molecule has 0 radical (unpaired) electrons. The minimum absolute atomic E-state index is 0.0510. The van der Waals surface area contributed by atoms with Crippen molar-refractivity contribution in [2.75, 3.05) is 19.6 Å². The van der Waals surface area contributed by atoms with Crippen LogP contribution in [0.4, 0.5) is 0 Å². The normalized spacial score (nSPS) is 26.0. The van der Waals surface area contributed by atoms with Gasteiger partial charge in [0.1, 0.15) is 11.3 Å². The number of nitrogens with zero attached hydrogens (tertiary/aromatic N) is 3. The number of pyridine rings is 1. The minimum Gasteiger partial charge on any atom is -0.389 e. The maximum atomic E-state index is 12.9. The first-order valence-corrected chi connectivity index (χ1v) is 10.4. The molecule has 152 valence electrons. The van der Waals surface area contributed by atoms with Gasteiger partial charge in [0.15, 0.2) is 0 Å². The van der Waals surface area contributed by atoms with Crippen LogP contribution >= 0.6 is 0 Å². The van der Waals surface area contributed by atoms with Crippen molar-refractivity contribution in [3.05, 3.63) is 47.9 Å². The Bertz CT molecular complexity index is 991. The van der Waals surface area contributed by atoms with Gasteiger partial charge in [-0.05, 0) is 49.1 Å². The first-order chi connectivity index (χ1) is 14.0. The molecular weight excluding hydrogens is 368 g/mol. The van der Waals surface area contributed by atoms with Gasteiger partial charge in [0, 0.05) is 25.8 Å². The number of aliphatic hydroxyl groups is 1. The summed E-state index contributed by atoms with van der Waals surface area (Å²) in [5, 5.41) is 12.5. The quantitative estimate of drug-likeness (QED) is 0.754. The van der Waals surface area contributed by atoms with Crippen LogP contribution in [0, 0.1) is 11.3 Å². The highest BCUT2D eigenvalue weighted by Crippen LogP contribution is 2.47. The molecule has 29 heavy (non-hydrogen) atoms. The Kier molecular flexibility index (Phi) is 4.42. The van der Waals surface area contributed by atoms with Gasteiger partial charge < -0.3 is 15.3 Å². The van der Waals surface area contributed by atoms with Crippen molar-refractivity contribution >= 4 is 17.5 Å². The Morgan fingerprint density at radius 3 is 3.00 bits per heavy atom. The molecular formula is C22H26N4O3. The molecule has 7 nitrogen and oxygen atoms in total. The number of imidazole rings is 1. The molecule has 2 aromatic heterocycles. The van der Waals surface area contributed by atoms with Crippen LogP contribution in [0.5, 0.6) is 0 Å². The summed E-state index contributed by atoms with van der Waals surface area (Å²) in [5.74, 6) is 0.513. The average molecular weight is 394 g/mol. The standard InChI is InChI=1S/C22H26N4O3/c27-17-12-25(13-17)20(28)9-16-11-26-18(4-1-5-19(26)24-16)21(29)23-14-22-7-2-3-15(10-22)6-8-22/h1-5,11,15,17,27H,6-10,12-14H2,(H,23,29). The molecule has 2 fully saturated rings. The fourth-order valence-electron chi connectivity index (χ4n) is 4.96. The van der Waals surface area contributed by atoms with Crippen LogP contribution in [0.25, 0.3) is 5.65 Å². The van der Waals surface area contributed by atoms with Crippen LogP contribution in [-0.2, 0) is 11.2 Å². The second-order valence-electron chi connectivity index (χ2n) is 8.82. The maximum absolute atomic E-state index is 12.9. The molecule has 1 saturated carbocycles. The van der Waals surface area contributed by atoms with Crippen molar-refractivity contribution in [1.29, 1.82) is 0 Å². The van der Waals surface area contributed by atoms with E-state index >= 15 is 0 Å². The molecule has 2 unspecified atom stereocenters. The van der Waals surface area contributed by atoms with Crippen molar-refractivity contribution in [1.82, 2.24) is 19.6 Å². The Balaban J connectivity index is 1.29. The van der Waals surface area contributed by atoms with E-state index in [2.05, 4.69) is 22.5 Å². The molecule has 0 spiro atoms. The number of allylic oxidation sites excluding steroid dienone is 2. The first kappa shape index (κ1) is 18.4. The minimum atomic E-state index is -0.412. The Hall–Kier alpha value is -2.67.